The average Bonchev–Trinajstić information content (AvgIpc) is 2.23. The molecule has 0 aromatic carbocycles. The van der Waals surface area contributed by atoms with E-state index in [0.29, 0.717) is 6.04 Å². The summed E-state index contributed by atoms with van der Waals surface area (Å²) in [7, 11) is 2.24. The fourth-order valence-corrected chi connectivity index (χ4v) is 2.49. The Hall–Kier alpha value is -0.120. The van der Waals surface area contributed by atoms with E-state index in [2.05, 4.69) is 24.2 Å². The van der Waals surface area contributed by atoms with Crippen molar-refractivity contribution in [2.75, 3.05) is 33.2 Å². The molecule has 1 heterocycles. The predicted octanol–water partition coefficient (Wildman–Crippen LogP) is 1.44. The molecule has 2 atom stereocenters. The summed E-state index contributed by atoms with van der Waals surface area (Å²) in [5.41, 5.74) is 5.71. The number of nitrogens with two attached hydrogens (primary N) is 1. The molecule has 3 heteroatoms. The molecule has 1 saturated heterocycles. The van der Waals surface area contributed by atoms with Gasteiger partial charge in [0.2, 0.25) is 0 Å². The average molecular weight is 227 g/mol. The zero-order valence-electron chi connectivity index (χ0n) is 11.0. The van der Waals surface area contributed by atoms with Crippen molar-refractivity contribution in [2.24, 2.45) is 11.7 Å². The zero-order valence-corrected chi connectivity index (χ0v) is 11.0. The van der Waals surface area contributed by atoms with Crippen LogP contribution in [0, 0.1) is 5.92 Å². The van der Waals surface area contributed by atoms with Gasteiger partial charge in [0.25, 0.3) is 0 Å². The molecule has 3 nitrogen and oxygen atoms in total. The quantitative estimate of drug-likeness (QED) is 0.647. The van der Waals surface area contributed by atoms with Crippen molar-refractivity contribution in [3.63, 3.8) is 0 Å². The number of likely N-dealkylation sites (tertiary alicyclic amines) is 1. The van der Waals surface area contributed by atoms with Gasteiger partial charge in [-0.3, -0.25) is 0 Å². The molecule has 0 spiro atoms. The maximum Gasteiger partial charge on any atom is 0.00109 e. The molecule has 0 saturated carbocycles. The second-order valence-electron chi connectivity index (χ2n) is 5.43. The van der Waals surface area contributed by atoms with Crippen LogP contribution in [0.1, 0.15) is 39.0 Å². The standard InChI is InChI=1S/C13H29N3/c1-12(14)5-3-8-15-9-7-13-6-4-10-16(2)11-13/h12-13,15H,3-11,14H2,1-2H3. The Morgan fingerprint density at radius 3 is 2.94 bits per heavy atom. The molecule has 1 aliphatic rings. The fraction of sp³-hybridized carbons (Fsp3) is 1.00. The summed E-state index contributed by atoms with van der Waals surface area (Å²) < 4.78 is 0. The Morgan fingerprint density at radius 1 is 1.44 bits per heavy atom. The highest BCUT2D eigenvalue weighted by Gasteiger charge is 2.16. The van der Waals surface area contributed by atoms with Crippen LogP contribution in [0.25, 0.3) is 0 Å². The van der Waals surface area contributed by atoms with E-state index in [4.69, 9.17) is 5.73 Å². The number of nitrogens with zero attached hydrogens (tertiary/aromatic N) is 1. The molecular formula is C13H29N3. The SMILES string of the molecule is CC(N)CCCNCCC1CCCN(C)C1. The third-order valence-electron chi connectivity index (χ3n) is 3.46. The van der Waals surface area contributed by atoms with Crippen LogP contribution in [0.2, 0.25) is 0 Å². The Bertz CT molecular complexity index is 171. The van der Waals surface area contributed by atoms with Crippen molar-refractivity contribution in [3.8, 4) is 0 Å². The second-order valence-corrected chi connectivity index (χ2v) is 5.43. The van der Waals surface area contributed by atoms with Gasteiger partial charge in [0.1, 0.15) is 0 Å². The van der Waals surface area contributed by atoms with Gasteiger partial charge in [-0.15, -0.1) is 0 Å². The van der Waals surface area contributed by atoms with Crippen molar-refractivity contribution < 1.29 is 0 Å². The predicted molar refractivity (Wildman–Crippen MR) is 70.6 cm³/mol. The van der Waals surface area contributed by atoms with Crippen LogP contribution < -0.4 is 11.1 Å². The first kappa shape index (κ1) is 13.9. The Balaban J connectivity index is 1.90. The van der Waals surface area contributed by atoms with Crippen molar-refractivity contribution in [2.45, 2.75) is 45.1 Å². The van der Waals surface area contributed by atoms with E-state index in [-0.39, 0.29) is 0 Å². The molecule has 3 N–H and O–H groups in total. The summed E-state index contributed by atoms with van der Waals surface area (Å²) in [6, 6.07) is 0.355. The van der Waals surface area contributed by atoms with Gasteiger partial charge in [0, 0.05) is 12.6 Å². The van der Waals surface area contributed by atoms with Gasteiger partial charge in [-0.2, -0.15) is 0 Å². The van der Waals surface area contributed by atoms with Gasteiger partial charge in [0.15, 0.2) is 0 Å². The van der Waals surface area contributed by atoms with Crippen LogP contribution in [0.4, 0.5) is 0 Å². The van der Waals surface area contributed by atoms with Crippen LogP contribution in [0.5, 0.6) is 0 Å². The third kappa shape index (κ3) is 6.46. The fourth-order valence-electron chi connectivity index (χ4n) is 2.49. The molecule has 0 aliphatic carbocycles. The summed E-state index contributed by atoms with van der Waals surface area (Å²) in [5.74, 6) is 0.916. The maximum atomic E-state index is 5.71. The lowest BCUT2D eigenvalue weighted by atomic mass is 9.95. The third-order valence-corrected chi connectivity index (χ3v) is 3.46. The first-order chi connectivity index (χ1) is 7.68. The largest absolute Gasteiger partial charge is 0.328 e. The zero-order chi connectivity index (χ0) is 11.8. The van der Waals surface area contributed by atoms with Gasteiger partial charge in [-0.1, -0.05) is 0 Å². The smallest absolute Gasteiger partial charge is 0.00109 e. The van der Waals surface area contributed by atoms with Gasteiger partial charge < -0.3 is 16.0 Å². The van der Waals surface area contributed by atoms with Crippen LogP contribution >= 0.6 is 0 Å². The van der Waals surface area contributed by atoms with Gasteiger partial charge in [-0.25, -0.2) is 0 Å². The highest BCUT2D eigenvalue weighted by atomic mass is 15.1. The van der Waals surface area contributed by atoms with Crippen LogP contribution in [-0.2, 0) is 0 Å². The second kappa shape index (κ2) is 8.04. The van der Waals surface area contributed by atoms with E-state index in [1.54, 1.807) is 0 Å². The van der Waals surface area contributed by atoms with Crippen LogP contribution in [0.3, 0.4) is 0 Å². The van der Waals surface area contributed by atoms with Crippen molar-refractivity contribution in [1.29, 1.82) is 0 Å². The number of hydrogen-bond acceptors (Lipinski definition) is 3. The minimum absolute atomic E-state index is 0.355. The van der Waals surface area contributed by atoms with E-state index < -0.39 is 0 Å². The Kier molecular flexibility index (Phi) is 7.01. The first-order valence-corrected chi connectivity index (χ1v) is 6.83. The molecule has 0 radical (unpaired) electrons. The summed E-state index contributed by atoms with van der Waals surface area (Å²) in [6.45, 7) is 6.97. The van der Waals surface area contributed by atoms with E-state index in [1.807, 2.05) is 0 Å². The molecule has 16 heavy (non-hydrogen) atoms. The number of piperidine rings is 1. The van der Waals surface area contributed by atoms with Gasteiger partial charge in [-0.05, 0) is 71.6 Å². The van der Waals surface area contributed by atoms with E-state index in [1.165, 1.54) is 45.3 Å². The molecule has 2 unspecified atom stereocenters. The van der Waals surface area contributed by atoms with E-state index in [0.717, 1.165) is 18.9 Å². The Morgan fingerprint density at radius 2 is 2.25 bits per heavy atom. The number of nitrogens with one attached hydrogen (secondary N) is 1. The van der Waals surface area contributed by atoms with E-state index in [9.17, 15) is 0 Å². The first-order valence-electron chi connectivity index (χ1n) is 6.83. The highest BCUT2D eigenvalue weighted by molar-refractivity contribution is 4.71. The van der Waals surface area contributed by atoms with Gasteiger partial charge in [0.05, 0.1) is 0 Å². The van der Waals surface area contributed by atoms with Crippen LogP contribution in [-0.4, -0.2) is 44.2 Å². The van der Waals surface area contributed by atoms with Crippen molar-refractivity contribution in [3.05, 3.63) is 0 Å². The molecule has 0 aromatic heterocycles. The summed E-state index contributed by atoms with van der Waals surface area (Å²) in [5, 5.41) is 3.53. The molecule has 1 fully saturated rings. The highest BCUT2D eigenvalue weighted by Crippen LogP contribution is 2.17. The Labute approximate surface area is 101 Å². The molecule has 0 aromatic rings. The van der Waals surface area contributed by atoms with Crippen molar-refractivity contribution >= 4 is 0 Å². The molecular weight excluding hydrogens is 198 g/mol. The number of rotatable bonds is 7. The lowest BCUT2D eigenvalue weighted by molar-refractivity contribution is 0.201. The molecule has 0 bridgehead atoms. The minimum Gasteiger partial charge on any atom is -0.328 e. The normalized spacial score (nSPS) is 24.6. The summed E-state index contributed by atoms with van der Waals surface area (Å²) in [4.78, 5) is 2.46. The van der Waals surface area contributed by atoms with E-state index >= 15 is 0 Å². The lowest BCUT2D eigenvalue weighted by Crippen LogP contribution is -2.33. The molecule has 1 aliphatic heterocycles. The molecule has 96 valence electrons. The maximum absolute atomic E-state index is 5.71. The monoisotopic (exact) mass is 227 g/mol. The van der Waals surface area contributed by atoms with Gasteiger partial charge >= 0.3 is 0 Å². The summed E-state index contributed by atoms with van der Waals surface area (Å²) >= 11 is 0. The number of hydrogen-bond donors (Lipinski definition) is 2. The minimum atomic E-state index is 0.355. The topological polar surface area (TPSA) is 41.3 Å². The molecule has 1 rings (SSSR count). The summed E-state index contributed by atoms with van der Waals surface area (Å²) in [6.07, 6.45) is 6.49. The van der Waals surface area contributed by atoms with Crippen LogP contribution in [0.15, 0.2) is 0 Å². The van der Waals surface area contributed by atoms with Crippen molar-refractivity contribution in [1.82, 2.24) is 10.2 Å². The lowest BCUT2D eigenvalue weighted by Gasteiger charge is -2.29. The molecule has 0 amide bonds.